The monoisotopic (exact) mass is 228 g/mol. The summed E-state index contributed by atoms with van der Waals surface area (Å²) >= 11 is 0. The average Bonchev–Trinajstić information content (AvgIpc) is 2.22. The zero-order valence-electron chi connectivity index (χ0n) is 10.4. The standard InChI is InChI=1S/C12H24N2O2/c1-4-7-11(13)12(15)14-8-5-6-9-16-10(2)3/h4,10-11H,1,5-9,13H2,2-3H3,(H,14,15). The minimum Gasteiger partial charge on any atom is -0.379 e. The van der Waals surface area contributed by atoms with Crippen LogP contribution >= 0.6 is 0 Å². The van der Waals surface area contributed by atoms with E-state index in [1.54, 1.807) is 6.08 Å². The van der Waals surface area contributed by atoms with E-state index >= 15 is 0 Å². The number of ether oxygens (including phenoxy) is 1. The van der Waals surface area contributed by atoms with Crippen LogP contribution in [0.15, 0.2) is 12.7 Å². The van der Waals surface area contributed by atoms with Crippen molar-refractivity contribution in [2.24, 2.45) is 5.73 Å². The van der Waals surface area contributed by atoms with Gasteiger partial charge >= 0.3 is 0 Å². The maximum atomic E-state index is 11.4. The van der Waals surface area contributed by atoms with Gasteiger partial charge in [-0.05, 0) is 33.1 Å². The number of hydrogen-bond acceptors (Lipinski definition) is 3. The molecule has 1 atom stereocenters. The molecule has 4 nitrogen and oxygen atoms in total. The van der Waals surface area contributed by atoms with Crippen LogP contribution in [0.4, 0.5) is 0 Å². The number of nitrogens with two attached hydrogens (primary N) is 1. The highest BCUT2D eigenvalue weighted by Crippen LogP contribution is 1.94. The summed E-state index contributed by atoms with van der Waals surface area (Å²) in [6.07, 6.45) is 4.31. The van der Waals surface area contributed by atoms with E-state index in [-0.39, 0.29) is 12.0 Å². The van der Waals surface area contributed by atoms with Crippen molar-refractivity contribution < 1.29 is 9.53 Å². The molecule has 0 saturated carbocycles. The Morgan fingerprint density at radius 1 is 1.50 bits per heavy atom. The number of carbonyl (C=O) groups excluding carboxylic acids is 1. The first-order valence-corrected chi connectivity index (χ1v) is 5.83. The minimum atomic E-state index is -0.468. The number of nitrogens with one attached hydrogen (secondary N) is 1. The van der Waals surface area contributed by atoms with Gasteiger partial charge in [0.15, 0.2) is 0 Å². The van der Waals surface area contributed by atoms with Gasteiger partial charge in [-0.3, -0.25) is 4.79 Å². The number of hydrogen-bond donors (Lipinski definition) is 2. The Kier molecular flexibility index (Phi) is 8.85. The number of amides is 1. The van der Waals surface area contributed by atoms with Gasteiger partial charge in [-0.2, -0.15) is 0 Å². The van der Waals surface area contributed by atoms with Crippen LogP contribution in [0.3, 0.4) is 0 Å². The molecule has 16 heavy (non-hydrogen) atoms. The van der Waals surface area contributed by atoms with E-state index in [1.807, 2.05) is 13.8 Å². The highest BCUT2D eigenvalue weighted by molar-refractivity contribution is 5.81. The van der Waals surface area contributed by atoms with Crippen LogP contribution in [0.1, 0.15) is 33.1 Å². The van der Waals surface area contributed by atoms with Crippen LogP contribution in [-0.2, 0) is 9.53 Å². The number of carbonyl (C=O) groups is 1. The fourth-order valence-corrected chi connectivity index (χ4v) is 1.18. The maximum absolute atomic E-state index is 11.4. The lowest BCUT2D eigenvalue weighted by molar-refractivity contribution is -0.122. The molecule has 0 aromatic heterocycles. The highest BCUT2D eigenvalue weighted by Gasteiger charge is 2.09. The van der Waals surface area contributed by atoms with Gasteiger partial charge in [0.1, 0.15) is 0 Å². The van der Waals surface area contributed by atoms with Gasteiger partial charge < -0.3 is 15.8 Å². The molecule has 0 aliphatic rings. The first kappa shape index (κ1) is 15.1. The van der Waals surface area contributed by atoms with E-state index in [4.69, 9.17) is 10.5 Å². The first-order valence-electron chi connectivity index (χ1n) is 5.83. The largest absolute Gasteiger partial charge is 0.379 e. The fraction of sp³-hybridized carbons (Fsp3) is 0.750. The summed E-state index contributed by atoms with van der Waals surface area (Å²) in [5, 5.41) is 2.79. The zero-order valence-corrected chi connectivity index (χ0v) is 10.4. The maximum Gasteiger partial charge on any atom is 0.237 e. The SMILES string of the molecule is C=CCC(N)C(=O)NCCCCOC(C)C. The molecule has 1 unspecified atom stereocenters. The summed E-state index contributed by atoms with van der Waals surface area (Å²) in [7, 11) is 0. The molecule has 0 bridgehead atoms. The van der Waals surface area contributed by atoms with E-state index in [0.717, 1.165) is 19.4 Å². The quantitative estimate of drug-likeness (QED) is 0.460. The summed E-state index contributed by atoms with van der Waals surface area (Å²) in [5.74, 6) is -0.107. The van der Waals surface area contributed by atoms with Crippen molar-refractivity contribution in [3.05, 3.63) is 12.7 Å². The highest BCUT2D eigenvalue weighted by atomic mass is 16.5. The van der Waals surface area contributed by atoms with Gasteiger partial charge in [0.25, 0.3) is 0 Å². The van der Waals surface area contributed by atoms with Gasteiger partial charge in [-0.15, -0.1) is 6.58 Å². The van der Waals surface area contributed by atoms with E-state index in [0.29, 0.717) is 13.0 Å². The van der Waals surface area contributed by atoms with Crippen molar-refractivity contribution in [2.45, 2.75) is 45.3 Å². The molecule has 0 aliphatic heterocycles. The fourth-order valence-electron chi connectivity index (χ4n) is 1.18. The summed E-state index contributed by atoms with van der Waals surface area (Å²) in [6, 6.07) is -0.468. The Hall–Kier alpha value is -0.870. The van der Waals surface area contributed by atoms with Crippen LogP contribution in [-0.4, -0.2) is 31.2 Å². The second-order valence-electron chi connectivity index (χ2n) is 4.05. The zero-order chi connectivity index (χ0) is 12.4. The lowest BCUT2D eigenvalue weighted by Gasteiger charge is -2.10. The molecule has 0 rings (SSSR count). The van der Waals surface area contributed by atoms with Gasteiger partial charge in [-0.25, -0.2) is 0 Å². The second-order valence-corrected chi connectivity index (χ2v) is 4.05. The Labute approximate surface area is 98.2 Å². The summed E-state index contributed by atoms with van der Waals surface area (Å²) < 4.78 is 5.38. The molecule has 0 aromatic carbocycles. The third-order valence-electron chi connectivity index (χ3n) is 2.08. The summed E-state index contributed by atoms with van der Waals surface area (Å²) in [4.78, 5) is 11.4. The molecule has 0 aromatic rings. The minimum absolute atomic E-state index is 0.107. The Balaban J connectivity index is 3.37. The van der Waals surface area contributed by atoms with E-state index < -0.39 is 6.04 Å². The molecular formula is C12H24N2O2. The average molecular weight is 228 g/mol. The van der Waals surface area contributed by atoms with Gasteiger partial charge in [-0.1, -0.05) is 6.08 Å². The van der Waals surface area contributed by atoms with Crippen LogP contribution in [0.5, 0.6) is 0 Å². The van der Waals surface area contributed by atoms with E-state index in [9.17, 15) is 4.79 Å². The molecule has 3 N–H and O–H groups in total. The molecule has 1 amide bonds. The summed E-state index contributed by atoms with van der Waals surface area (Å²) in [5.41, 5.74) is 5.60. The van der Waals surface area contributed by atoms with Crippen LogP contribution < -0.4 is 11.1 Å². The third kappa shape index (κ3) is 8.44. The summed E-state index contributed by atoms with van der Waals surface area (Å²) in [6.45, 7) is 8.96. The normalized spacial score (nSPS) is 12.5. The lowest BCUT2D eigenvalue weighted by Crippen LogP contribution is -2.40. The van der Waals surface area contributed by atoms with Crippen molar-refractivity contribution in [3.8, 4) is 0 Å². The molecule has 0 heterocycles. The molecular weight excluding hydrogens is 204 g/mol. The Morgan fingerprint density at radius 3 is 2.75 bits per heavy atom. The Morgan fingerprint density at radius 2 is 2.19 bits per heavy atom. The van der Waals surface area contributed by atoms with Gasteiger partial charge in [0, 0.05) is 13.2 Å². The first-order chi connectivity index (χ1) is 7.57. The van der Waals surface area contributed by atoms with Gasteiger partial charge in [0.05, 0.1) is 12.1 Å². The van der Waals surface area contributed by atoms with E-state index in [2.05, 4.69) is 11.9 Å². The molecule has 0 fully saturated rings. The van der Waals surface area contributed by atoms with Gasteiger partial charge in [0.2, 0.25) is 5.91 Å². The van der Waals surface area contributed by atoms with Crippen molar-refractivity contribution in [3.63, 3.8) is 0 Å². The number of rotatable bonds is 9. The van der Waals surface area contributed by atoms with Crippen LogP contribution in [0, 0.1) is 0 Å². The van der Waals surface area contributed by atoms with Crippen LogP contribution in [0.2, 0.25) is 0 Å². The number of unbranched alkanes of at least 4 members (excludes halogenated alkanes) is 1. The van der Waals surface area contributed by atoms with Crippen molar-refractivity contribution >= 4 is 5.91 Å². The van der Waals surface area contributed by atoms with Crippen molar-refractivity contribution in [2.75, 3.05) is 13.2 Å². The molecule has 0 spiro atoms. The Bertz CT molecular complexity index is 205. The third-order valence-corrected chi connectivity index (χ3v) is 2.08. The van der Waals surface area contributed by atoms with Crippen LogP contribution in [0.25, 0.3) is 0 Å². The van der Waals surface area contributed by atoms with E-state index in [1.165, 1.54) is 0 Å². The molecule has 4 heteroatoms. The molecule has 0 aliphatic carbocycles. The predicted molar refractivity (Wildman–Crippen MR) is 66.1 cm³/mol. The molecule has 0 saturated heterocycles. The van der Waals surface area contributed by atoms with Crippen molar-refractivity contribution in [1.29, 1.82) is 0 Å². The predicted octanol–water partition coefficient (Wildman–Crippen LogP) is 1.21. The topological polar surface area (TPSA) is 64.4 Å². The molecule has 0 radical (unpaired) electrons. The second kappa shape index (κ2) is 9.36. The smallest absolute Gasteiger partial charge is 0.237 e. The lowest BCUT2D eigenvalue weighted by atomic mass is 10.2. The van der Waals surface area contributed by atoms with Crippen molar-refractivity contribution in [1.82, 2.24) is 5.32 Å². The molecule has 94 valence electrons.